The highest BCUT2D eigenvalue weighted by molar-refractivity contribution is 5.81. The van der Waals surface area contributed by atoms with Crippen molar-refractivity contribution in [3.05, 3.63) is 0 Å². The van der Waals surface area contributed by atoms with Crippen molar-refractivity contribution >= 4 is 5.91 Å². The minimum Gasteiger partial charge on any atom is -0.355 e. The van der Waals surface area contributed by atoms with E-state index >= 15 is 0 Å². The minimum absolute atomic E-state index is 0.0188. The Labute approximate surface area is 170 Å². The molecule has 0 aromatic rings. The zero-order chi connectivity index (χ0) is 20.2. The molecule has 0 bridgehead atoms. The number of carbonyl (C=O) groups is 1. The molecule has 162 valence electrons. The van der Waals surface area contributed by atoms with Crippen molar-refractivity contribution in [1.82, 2.24) is 5.32 Å². The molecule has 0 saturated heterocycles. The second-order valence-electron chi connectivity index (χ2n) is 8.51. The van der Waals surface area contributed by atoms with E-state index in [2.05, 4.69) is 19.2 Å². The van der Waals surface area contributed by atoms with Crippen LogP contribution in [0.2, 0.25) is 0 Å². The lowest BCUT2D eigenvalue weighted by molar-refractivity contribution is -0.123. The maximum Gasteiger partial charge on any atom is 0.237 e. The molecular weight excluding hydrogens is 332 g/mol. The molecule has 0 aromatic carbocycles. The molecule has 3 heteroatoms. The Balaban J connectivity index is 3.20. The lowest BCUT2D eigenvalue weighted by Crippen LogP contribution is -2.44. The van der Waals surface area contributed by atoms with E-state index in [0.29, 0.717) is 0 Å². The number of hydrogen-bond acceptors (Lipinski definition) is 2. The van der Waals surface area contributed by atoms with Crippen LogP contribution in [0, 0.1) is 5.92 Å². The van der Waals surface area contributed by atoms with Crippen LogP contribution >= 0.6 is 0 Å². The van der Waals surface area contributed by atoms with Gasteiger partial charge in [0.1, 0.15) is 0 Å². The predicted molar refractivity (Wildman–Crippen MR) is 120 cm³/mol. The third kappa shape index (κ3) is 17.3. The first kappa shape index (κ1) is 26.4. The van der Waals surface area contributed by atoms with Crippen LogP contribution in [0.5, 0.6) is 0 Å². The molecule has 1 unspecified atom stereocenters. The molecule has 0 fully saturated rings. The zero-order valence-electron chi connectivity index (χ0n) is 18.9. The molecule has 3 N–H and O–H groups in total. The molecule has 1 amide bonds. The van der Waals surface area contributed by atoms with Gasteiger partial charge in [-0.15, -0.1) is 0 Å². The van der Waals surface area contributed by atoms with Gasteiger partial charge in [0.25, 0.3) is 0 Å². The average Bonchev–Trinajstić information content (AvgIpc) is 2.68. The van der Waals surface area contributed by atoms with Crippen molar-refractivity contribution < 1.29 is 4.79 Å². The standard InChI is InChI=1S/C24H50N2O/c1-4-6-7-8-9-10-11-12-13-14-15-16-17-18-19-20-21-26-24(27)23(25)22(3)5-2/h22-23H,4-21,25H2,1-3H3,(H,26,27)/t22?,23-/m1/s1. The smallest absolute Gasteiger partial charge is 0.237 e. The Morgan fingerprint density at radius 3 is 1.44 bits per heavy atom. The summed E-state index contributed by atoms with van der Waals surface area (Å²) in [4.78, 5) is 11.9. The minimum atomic E-state index is -0.351. The van der Waals surface area contributed by atoms with Gasteiger partial charge in [0.05, 0.1) is 6.04 Å². The Morgan fingerprint density at radius 2 is 1.07 bits per heavy atom. The summed E-state index contributed by atoms with van der Waals surface area (Å²) in [5.74, 6) is 0.279. The van der Waals surface area contributed by atoms with Gasteiger partial charge in [-0.1, -0.05) is 124 Å². The van der Waals surface area contributed by atoms with Crippen LogP contribution in [0.25, 0.3) is 0 Å². The van der Waals surface area contributed by atoms with E-state index in [9.17, 15) is 4.79 Å². The first-order valence-electron chi connectivity index (χ1n) is 12.2. The van der Waals surface area contributed by atoms with Gasteiger partial charge >= 0.3 is 0 Å². The summed E-state index contributed by atoms with van der Waals surface area (Å²) >= 11 is 0. The average molecular weight is 383 g/mol. The van der Waals surface area contributed by atoms with Gasteiger partial charge in [0.15, 0.2) is 0 Å². The van der Waals surface area contributed by atoms with E-state index < -0.39 is 0 Å². The Hall–Kier alpha value is -0.570. The zero-order valence-corrected chi connectivity index (χ0v) is 18.9. The van der Waals surface area contributed by atoms with Crippen LogP contribution in [0.15, 0.2) is 0 Å². The predicted octanol–water partition coefficient (Wildman–Crippen LogP) is 6.74. The normalized spacial score (nSPS) is 13.5. The Kier molecular flexibility index (Phi) is 19.7. The lowest BCUT2D eigenvalue weighted by atomic mass is 9.99. The summed E-state index contributed by atoms with van der Waals surface area (Å²) in [5, 5.41) is 2.98. The quantitative estimate of drug-likeness (QED) is 0.229. The van der Waals surface area contributed by atoms with Crippen molar-refractivity contribution in [2.75, 3.05) is 6.54 Å². The summed E-state index contributed by atoms with van der Waals surface area (Å²) < 4.78 is 0. The highest BCUT2D eigenvalue weighted by Crippen LogP contribution is 2.13. The van der Waals surface area contributed by atoms with E-state index in [1.165, 1.54) is 96.3 Å². The summed E-state index contributed by atoms with van der Waals surface area (Å²) in [6.45, 7) is 7.18. The summed E-state index contributed by atoms with van der Waals surface area (Å²) in [6.07, 6.45) is 22.9. The molecule has 0 heterocycles. The van der Waals surface area contributed by atoms with Crippen molar-refractivity contribution in [3.8, 4) is 0 Å². The summed E-state index contributed by atoms with van der Waals surface area (Å²) in [6, 6.07) is -0.351. The fraction of sp³-hybridized carbons (Fsp3) is 0.958. The Bertz CT molecular complexity index is 320. The van der Waals surface area contributed by atoms with Crippen LogP contribution in [0.1, 0.15) is 130 Å². The second-order valence-corrected chi connectivity index (χ2v) is 8.51. The van der Waals surface area contributed by atoms with Crippen molar-refractivity contribution in [3.63, 3.8) is 0 Å². The molecule has 3 nitrogen and oxygen atoms in total. The van der Waals surface area contributed by atoms with Crippen molar-refractivity contribution in [2.45, 2.75) is 136 Å². The SMILES string of the molecule is CCCCCCCCCCCCCCCCCCNC(=O)[C@H](N)C(C)CC. The van der Waals surface area contributed by atoms with Gasteiger partial charge in [0.2, 0.25) is 5.91 Å². The highest BCUT2D eigenvalue weighted by Gasteiger charge is 2.18. The maximum absolute atomic E-state index is 11.9. The number of nitrogens with one attached hydrogen (secondary N) is 1. The van der Waals surface area contributed by atoms with Crippen LogP contribution in [-0.4, -0.2) is 18.5 Å². The molecule has 0 aromatic heterocycles. The van der Waals surface area contributed by atoms with E-state index in [1.807, 2.05) is 6.92 Å². The monoisotopic (exact) mass is 382 g/mol. The van der Waals surface area contributed by atoms with Gasteiger partial charge in [-0.3, -0.25) is 4.79 Å². The number of hydrogen-bond donors (Lipinski definition) is 2. The van der Waals surface area contributed by atoms with E-state index in [-0.39, 0.29) is 17.9 Å². The van der Waals surface area contributed by atoms with Crippen LogP contribution in [0.4, 0.5) is 0 Å². The van der Waals surface area contributed by atoms with Gasteiger partial charge in [-0.05, 0) is 12.3 Å². The molecule has 0 aliphatic heterocycles. The molecular formula is C24H50N2O. The molecule has 0 radical (unpaired) electrons. The third-order valence-electron chi connectivity index (χ3n) is 5.89. The number of carbonyl (C=O) groups excluding carboxylic acids is 1. The largest absolute Gasteiger partial charge is 0.355 e. The molecule has 0 saturated carbocycles. The molecule has 0 aliphatic carbocycles. The van der Waals surface area contributed by atoms with Crippen molar-refractivity contribution in [1.29, 1.82) is 0 Å². The highest BCUT2D eigenvalue weighted by atomic mass is 16.2. The lowest BCUT2D eigenvalue weighted by Gasteiger charge is -2.17. The number of nitrogens with two attached hydrogens (primary N) is 1. The Morgan fingerprint density at radius 1 is 0.704 bits per heavy atom. The van der Waals surface area contributed by atoms with Gasteiger partial charge in [-0.25, -0.2) is 0 Å². The van der Waals surface area contributed by atoms with Crippen LogP contribution < -0.4 is 11.1 Å². The molecule has 0 spiro atoms. The summed E-state index contributed by atoms with van der Waals surface area (Å²) in [5.41, 5.74) is 5.93. The number of unbranched alkanes of at least 4 members (excludes halogenated alkanes) is 15. The first-order chi connectivity index (χ1) is 13.1. The summed E-state index contributed by atoms with van der Waals surface area (Å²) in [7, 11) is 0. The van der Waals surface area contributed by atoms with Gasteiger partial charge in [0, 0.05) is 6.54 Å². The maximum atomic E-state index is 11.9. The number of amides is 1. The van der Waals surface area contributed by atoms with Crippen molar-refractivity contribution in [2.24, 2.45) is 11.7 Å². The fourth-order valence-electron chi connectivity index (χ4n) is 3.51. The molecule has 2 atom stereocenters. The molecule has 27 heavy (non-hydrogen) atoms. The van der Waals surface area contributed by atoms with E-state index in [4.69, 9.17) is 5.73 Å². The first-order valence-corrected chi connectivity index (χ1v) is 12.2. The molecule has 0 aliphatic rings. The topological polar surface area (TPSA) is 55.1 Å². The van der Waals surface area contributed by atoms with Crippen LogP contribution in [0.3, 0.4) is 0 Å². The third-order valence-corrected chi connectivity index (χ3v) is 5.89. The van der Waals surface area contributed by atoms with Crippen LogP contribution in [-0.2, 0) is 4.79 Å². The number of rotatable bonds is 20. The van der Waals surface area contributed by atoms with E-state index in [1.54, 1.807) is 0 Å². The van der Waals surface area contributed by atoms with Gasteiger partial charge in [-0.2, -0.15) is 0 Å². The molecule has 0 rings (SSSR count). The van der Waals surface area contributed by atoms with E-state index in [0.717, 1.165) is 19.4 Å². The fourth-order valence-corrected chi connectivity index (χ4v) is 3.51. The van der Waals surface area contributed by atoms with Gasteiger partial charge < -0.3 is 11.1 Å². The second kappa shape index (κ2) is 20.2.